The van der Waals surface area contributed by atoms with E-state index in [-0.39, 0.29) is 5.82 Å². The van der Waals surface area contributed by atoms with Crippen LogP contribution in [0, 0.1) is 24.1 Å². The van der Waals surface area contributed by atoms with Gasteiger partial charge in [0.25, 0.3) is 0 Å². The second kappa shape index (κ2) is 6.12. The summed E-state index contributed by atoms with van der Waals surface area (Å²) in [6, 6.07) is 15.9. The number of benzene rings is 2. The molecule has 0 aliphatic heterocycles. The van der Waals surface area contributed by atoms with Crippen molar-refractivity contribution < 1.29 is 4.39 Å². The summed E-state index contributed by atoms with van der Waals surface area (Å²) < 4.78 is 13.1. The van der Waals surface area contributed by atoms with Gasteiger partial charge in [0.2, 0.25) is 0 Å². The smallest absolute Gasteiger partial charge is 0.123 e. The maximum atomic E-state index is 13.1. The SMILES string of the molecule is Cc1ccc(CNC(C#N)c2cccc(F)c2)cc1. The Morgan fingerprint density at radius 2 is 1.95 bits per heavy atom. The minimum Gasteiger partial charge on any atom is -0.294 e. The molecule has 0 aromatic heterocycles. The molecule has 1 N–H and O–H groups in total. The number of aryl methyl sites for hydroxylation is 1. The molecule has 0 aliphatic rings. The molecule has 0 bridgehead atoms. The summed E-state index contributed by atoms with van der Waals surface area (Å²) in [5.74, 6) is -0.324. The average molecular weight is 254 g/mol. The number of nitrogens with zero attached hydrogens (tertiary/aromatic N) is 1. The first-order valence-corrected chi connectivity index (χ1v) is 6.13. The van der Waals surface area contributed by atoms with Crippen LogP contribution in [0.2, 0.25) is 0 Å². The predicted octanol–water partition coefficient (Wildman–Crippen LogP) is 3.49. The molecule has 0 amide bonds. The van der Waals surface area contributed by atoms with E-state index in [2.05, 4.69) is 11.4 Å². The van der Waals surface area contributed by atoms with Crippen LogP contribution >= 0.6 is 0 Å². The molecule has 96 valence electrons. The van der Waals surface area contributed by atoms with Gasteiger partial charge in [-0.05, 0) is 30.2 Å². The zero-order valence-electron chi connectivity index (χ0n) is 10.7. The summed E-state index contributed by atoms with van der Waals surface area (Å²) in [6.07, 6.45) is 0. The standard InChI is InChI=1S/C16H15FN2/c1-12-5-7-13(8-6-12)11-19-16(10-18)14-3-2-4-15(17)9-14/h2-9,16,19H,11H2,1H3. The third kappa shape index (κ3) is 3.64. The number of rotatable bonds is 4. The molecule has 0 spiro atoms. The van der Waals surface area contributed by atoms with Crippen LogP contribution in [0.15, 0.2) is 48.5 Å². The Balaban J connectivity index is 2.04. The van der Waals surface area contributed by atoms with Crippen LogP contribution in [0.1, 0.15) is 22.7 Å². The minimum absolute atomic E-state index is 0.324. The molecule has 0 saturated heterocycles. The van der Waals surface area contributed by atoms with Crippen LogP contribution in [0.3, 0.4) is 0 Å². The molecule has 0 fully saturated rings. The van der Waals surface area contributed by atoms with Gasteiger partial charge >= 0.3 is 0 Å². The Morgan fingerprint density at radius 3 is 2.58 bits per heavy atom. The molecule has 1 atom stereocenters. The van der Waals surface area contributed by atoms with Crippen molar-refractivity contribution >= 4 is 0 Å². The molecule has 0 heterocycles. The number of halogens is 1. The average Bonchev–Trinajstić information content (AvgIpc) is 2.42. The molecule has 2 aromatic carbocycles. The molecule has 2 nitrogen and oxygen atoms in total. The van der Waals surface area contributed by atoms with Gasteiger partial charge in [0.05, 0.1) is 6.07 Å². The van der Waals surface area contributed by atoms with Gasteiger partial charge in [0, 0.05) is 6.54 Å². The van der Waals surface area contributed by atoms with E-state index in [4.69, 9.17) is 5.26 Å². The van der Waals surface area contributed by atoms with Crippen LogP contribution in [-0.2, 0) is 6.54 Å². The molecule has 0 aliphatic carbocycles. The number of hydrogen-bond acceptors (Lipinski definition) is 2. The van der Waals surface area contributed by atoms with E-state index in [1.807, 2.05) is 31.2 Å². The first-order chi connectivity index (χ1) is 9.19. The summed E-state index contributed by atoms with van der Waals surface area (Å²) >= 11 is 0. The fraction of sp³-hybridized carbons (Fsp3) is 0.188. The van der Waals surface area contributed by atoms with Gasteiger partial charge in [0.15, 0.2) is 0 Å². The molecule has 3 heteroatoms. The molecule has 1 unspecified atom stereocenters. The molecule has 19 heavy (non-hydrogen) atoms. The topological polar surface area (TPSA) is 35.8 Å². The van der Waals surface area contributed by atoms with E-state index in [0.29, 0.717) is 12.1 Å². The Hall–Kier alpha value is -2.18. The van der Waals surface area contributed by atoms with Gasteiger partial charge in [-0.25, -0.2) is 4.39 Å². The zero-order chi connectivity index (χ0) is 13.7. The Labute approximate surface area is 112 Å². The fourth-order valence-corrected chi connectivity index (χ4v) is 1.85. The van der Waals surface area contributed by atoms with Crippen molar-refractivity contribution in [2.24, 2.45) is 0 Å². The number of nitriles is 1. The molecule has 2 rings (SSSR count). The molecule has 0 radical (unpaired) electrons. The minimum atomic E-state index is -0.503. The molecular formula is C16H15FN2. The molecular weight excluding hydrogens is 239 g/mol. The highest BCUT2D eigenvalue weighted by Gasteiger charge is 2.10. The lowest BCUT2D eigenvalue weighted by molar-refractivity contribution is 0.604. The Kier molecular flexibility index (Phi) is 4.27. The molecule has 2 aromatic rings. The quantitative estimate of drug-likeness (QED) is 0.906. The Bertz CT molecular complexity index is 584. The van der Waals surface area contributed by atoms with Gasteiger partial charge in [-0.3, -0.25) is 5.32 Å². The van der Waals surface area contributed by atoms with Gasteiger partial charge < -0.3 is 0 Å². The van der Waals surface area contributed by atoms with Crippen molar-refractivity contribution in [3.05, 3.63) is 71.0 Å². The third-order valence-corrected chi connectivity index (χ3v) is 2.94. The lowest BCUT2D eigenvalue weighted by Gasteiger charge is -2.12. The van der Waals surface area contributed by atoms with Crippen molar-refractivity contribution in [3.8, 4) is 6.07 Å². The van der Waals surface area contributed by atoms with Crippen molar-refractivity contribution in [2.75, 3.05) is 0 Å². The van der Waals surface area contributed by atoms with Gasteiger partial charge in [0.1, 0.15) is 11.9 Å². The van der Waals surface area contributed by atoms with Gasteiger partial charge in [-0.2, -0.15) is 5.26 Å². The lowest BCUT2D eigenvalue weighted by Crippen LogP contribution is -2.19. The van der Waals surface area contributed by atoms with Crippen LogP contribution in [-0.4, -0.2) is 0 Å². The lowest BCUT2D eigenvalue weighted by atomic mass is 10.1. The summed E-state index contributed by atoms with van der Waals surface area (Å²) in [5.41, 5.74) is 2.95. The second-order valence-corrected chi connectivity index (χ2v) is 4.48. The van der Waals surface area contributed by atoms with E-state index >= 15 is 0 Å². The van der Waals surface area contributed by atoms with Crippen LogP contribution < -0.4 is 5.32 Å². The monoisotopic (exact) mass is 254 g/mol. The van der Waals surface area contributed by atoms with E-state index in [1.54, 1.807) is 12.1 Å². The Morgan fingerprint density at radius 1 is 1.21 bits per heavy atom. The maximum absolute atomic E-state index is 13.1. The molecule has 0 saturated carbocycles. The summed E-state index contributed by atoms with van der Waals surface area (Å²) in [6.45, 7) is 2.61. The normalized spacial score (nSPS) is 11.8. The second-order valence-electron chi connectivity index (χ2n) is 4.48. The number of hydrogen-bond donors (Lipinski definition) is 1. The first-order valence-electron chi connectivity index (χ1n) is 6.13. The summed E-state index contributed by atoms with van der Waals surface area (Å²) in [5, 5.41) is 12.3. The van der Waals surface area contributed by atoms with Gasteiger partial charge in [-0.15, -0.1) is 0 Å². The fourth-order valence-electron chi connectivity index (χ4n) is 1.85. The van der Waals surface area contributed by atoms with E-state index in [0.717, 1.165) is 5.56 Å². The number of nitrogens with one attached hydrogen (secondary N) is 1. The van der Waals surface area contributed by atoms with Crippen LogP contribution in [0.25, 0.3) is 0 Å². The summed E-state index contributed by atoms with van der Waals surface area (Å²) in [4.78, 5) is 0. The third-order valence-electron chi connectivity index (χ3n) is 2.94. The van der Waals surface area contributed by atoms with Crippen molar-refractivity contribution in [1.82, 2.24) is 5.32 Å². The van der Waals surface area contributed by atoms with Crippen LogP contribution in [0.4, 0.5) is 4.39 Å². The van der Waals surface area contributed by atoms with Gasteiger partial charge in [-0.1, -0.05) is 42.0 Å². The van der Waals surface area contributed by atoms with E-state index in [9.17, 15) is 4.39 Å². The van der Waals surface area contributed by atoms with Crippen molar-refractivity contribution in [1.29, 1.82) is 5.26 Å². The van der Waals surface area contributed by atoms with Crippen LogP contribution in [0.5, 0.6) is 0 Å². The van der Waals surface area contributed by atoms with Crippen molar-refractivity contribution in [2.45, 2.75) is 19.5 Å². The highest BCUT2D eigenvalue weighted by molar-refractivity contribution is 5.26. The largest absolute Gasteiger partial charge is 0.294 e. The summed E-state index contributed by atoms with van der Waals surface area (Å²) in [7, 11) is 0. The highest BCUT2D eigenvalue weighted by Crippen LogP contribution is 2.14. The van der Waals surface area contributed by atoms with E-state index in [1.165, 1.54) is 17.7 Å². The van der Waals surface area contributed by atoms with E-state index < -0.39 is 6.04 Å². The maximum Gasteiger partial charge on any atom is 0.123 e. The zero-order valence-corrected chi connectivity index (χ0v) is 10.7. The highest BCUT2D eigenvalue weighted by atomic mass is 19.1. The van der Waals surface area contributed by atoms with Crippen molar-refractivity contribution in [3.63, 3.8) is 0 Å². The first kappa shape index (κ1) is 13.3. The predicted molar refractivity (Wildman–Crippen MR) is 72.8 cm³/mol.